The highest BCUT2D eigenvalue weighted by Gasteiger charge is 2.41. The van der Waals surface area contributed by atoms with Gasteiger partial charge >= 0.3 is 5.92 Å². The number of hydrogen-bond donors (Lipinski definition) is 1. The first-order chi connectivity index (χ1) is 16.3. The van der Waals surface area contributed by atoms with Crippen LogP contribution in [0.25, 0.3) is 5.82 Å². The fourth-order valence-corrected chi connectivity index (χ4v) is 4.54. The highest BCUT2D eigenvalue weighted by Crippen LogP contribution is 2.39. The Morgan fingerprint density at radius 3 is 2.65 bits per heavy atom. The van der Waals surface area contributed by atoms with E-state index in [1.165, 1.54) is 12.4 Å². The van der Waals surface area contributed by atoms with E-state index in [-0.39, 0.29) is 23.3 Å². The summed E-state index contributed by atoms with van der Waals surface area (Å²) < 4.78 is 43.3. The lowest BCUT2D eigenvalue weighted by Gasteiger charge is -2.37. The first-order valence-corrected chi connectivity index (χ1v) is 11.3. The highest BCUT2D eigenvalue weighted by atomic mass is 19.3. The molecule has 1 aliphatic rings. The third-order valence-electron chi connectivity index (χ3n) is 6.41. The van der Waals surface area contributed by atoms with Crippen molar-refractivity contribution in [3.05, 3.63) is 65.1 Å². The Bertz CT molecular complexity index is 1160. The average molecular weight is 473 g/mol. The highest BCUT2D eigenvalue weighted by molar-refractivity contribution is 5.95. The van der Waals surface area contributed by atoms with Crippen molar-refractivity contribution in [1.29, 1.82) is 0 Å². The molecule has 0 aliphatic heterocycles. The molecule has 0 spiro atoms. The second-order valence-corrected chi connectivity index (χ2v) is 8.86. The normalized spacial score (nSPS) is 15.8. The van der Waals surface area contributed by atoms with Crippen LogP contribution in [0.2, 0.25) is 0 Å². The predicted molar refractivity (Wildman–Crippen MR) is 120 cm³/mol. The van der Waals surface area contributed by atoms with Crippen molar-refractivity contribution in [2.75, 3.05) is 13.2 Å². The lowest BCUT2D eigenvalue weighted by molar-refractivity contribution is -0.0330. The van der Waals surface area contributed by atoms with Gasteiger partial charge in [-0.25, -0.2) is 14.1 Å². The number of nitrogens with zero attached hydrogens (tertiary/aromatic N) is 5. The van der Waals surface area contributed by atoms with Crippen molar-refractivity contribution < 1.29 is 18.0 Å². The zero-order valence-electron chi connectivity index (χ0n) is 19.2. The van der Waals surface area contributed by atoms with Gasteiger partial charge in [-0.15, -0.1) is 0 Å². The molecule has 0 saturated heterocycles. The van der Waals surface area contributed by atoms with E-state index in [0.29, 0.717) is 11.4 Å². The van der Waals surface area contributed by atoms with E-state index in [1.54, 1.807) is 26.2 Å². The Morgan fingerprint density at radius 1 is 1.21 bits per heavy atom. The van der Waals surface area contributed by atoms with Crippen molar-refractivity contribution in [2.24, 2.45) is 0 Å². The molecule has 0 radical (unpaired) electrons. The zero-order chi connectivity index (χ0) is 24.3. The molecule has 3 heterocycles. The maximum Gasteiger partial charge on any atom is 0.320 e. The molecule has 1 fully saturated rings. The number of carbonyl (C=O) groups is 1. The van der Waals surface area contributed by atoms with Gasteiger partial charge in [-0.05, 0) is 38.3 Å². The third-order valence-corrected chi connectivity index (χ3v) is 6.41. The van der Waals surface area contributed by atoms with Gasteiger partial charge in [-0.1, -0.05) is 25.3 Å². The summed E-state index contributed by atoms with van der Waals surface area (Å²) in [6, 6.07) is 3.83. The maximum absolute atomic E-state index is 14.5. The van der Waals surface area contributed by atoms with E-state index < -0.39 is 24.2 Å². The first-order valence-electron chi connectivity index (χ1n) is 11.3. The molecule has 7 nitrogen and oxygen atoms in total. The van der Waals surface area contributed by atoms with Crippen molar-refractivity contribution >= 4 is 5.91 Å². The van der Waals surface area contributed by atoms with Gasteiger partial charge in [0.2, 0.25) is 0 Å². The molecule has 0 atom stereocenters. The summed E-state index contributed by atoms with van der Waals surface area (Å²) in [5.74, 6) is -4.45. The lowest BCUT2D eigenvalue weighted by atomic mass is 9.70. The molecule has 0 unspecified atom stereocenters. The van der Waals surface area contributed by atoms with Gasteiger partial charge in [0.05, 0.1) is 17.0 Å². The number of hydrogen-bond acceptors (Lipinski definition) is 5. The molecule has 0 aromatic carbocycles. The van der Waals surface area contributed by atoms with Crippen molar-refractivity contribution in [3.8, 4) is 5.82 Å². The van der Waals surface area contributed by atoms with Crippen molar-refractivity contribution in [3.63, 3.8) is 0 Å². The van der Waals surface area contributed by atoms with E-state index in [2.05, 4.69) is 25.4 Å². The molecule has 1 amide bonds. The Balaban J connectivity index is 1.67. The minimum absolute atomic E-state index is 0.203. The van der Waals surface area contributed by atoms with Gasteiger partial charge in [0.25, 0.3) is 5.91 Å². The number of carbonyl (C=O) groups excluding carboxylic acids is 1. The van der Waals surface area contributed by atoms with Crippen molar-refractivity contribution in [1.82, 2.24) is 30.0 Å². The number of aromatic nitrogens is 5. The van der Waals surface area contributed by atoms with Gasteiger partial charge < -0.3 is 5.32 Å². The van der Waals surface area contributed by atoms with Crippen LogP contribution in [0.15, 0.2) is 36.9 Å². The molecule has 1 aliphatic carbocycles. The molecule has 180 valence electrons. The van der Waals surface area contributed by atoms with E-state index in [9.17, 15) is 18.0 Å². The summed E-state index contributed by atoms with van der Waals surface area (Å²) in [5, 5.41) is 6.69. The first kappa shape index (κ1) is 23.8. The number of pyridine rings is 1. The van der Waals surface area contributed by atoms with Gasteiger partial charge in [0.1, 0.15) is 5.69 Å². The standard InChI is InChI=1S/C24H27F3N6O/c1-16-11-29-17(2)21(31-16)33-13-19(20(32-33)24(26,27)14-25)22(34)30-15-23(8-4-3-5-9-23)18-7-6-10-28-12-18/h6-7,10-13H,3-5,8-9,14-15H2,1-2H3,(H,30,34). The summed E-state index contributed by atoms with van der Waals surface area (Å²) in [5.41, 5.74) is 0.353. The third kappa shape index (κ3) is 4.67. The summed E-state index contributed by atoms with van der Waals surface area (Å²) in [6.07, 6.45) is 11.0. The van der Waals surface area contributed by atoms with Crippen LogP contribution >= 0.6 is 0 Å². The summed E-state index contributed by atoms with van der Waals surface area (Å²) in [4.78, 5) is 25.9. The number of nitrogens with one attached hydrogen (secondary N) is 1. The molecule has 10 heteroatoms. The molecule has 1 N–H and O–H groups in total. The number of halogens is 3. The second kappa shape index (κ2) is 9.52. The van der Waals surface area contributed by atoms with Gasteiger partial charge in [-0.3, -0.25) is 14.8 Å². The van der Waals surface area contributed by atoms with Gasteiger partial charge in [0, 0.05) is 36.7 Å². The Labute approximate surface area is 195 Å². The SMILES string of the molecule is Cc1cnc(C)c(-n2cc(C(=O)NCC3(c4cccnc4)CCCCC3)c(C(F)(F)CF)n2)n1. The zero-order valence-corrected chi connectivity index (χ0v) is 19.2. The van der Waals surface area contributed by atoms with Crippen molar-refractivity contribution in [2.45, 2.75) is 57.3 Å². The van der Waals surface area contributed by atoms with Crippen LogP contribution < -0.4 is 5.32 Å². The molecule has 1 saturated carbocycles. The van der Waals surface area contributed by atoms with Crippen LogP contribution in [0.5, 0.6) is 0 Å². The topological polar surface area (TPSA) is 85.6 Å². The fourth-order valence-electron chi connectivity index (χ4n) is 4.54. The summed E-state index contributed by atoms with van der Waals surface area (Å²) >= 11 is 0. The number of alkyl halides is 3. The second-order valence-electron chi connectivity index (χ2n) is 8.86. The van der Waals surface area contributed by atoms with E-state index in [4.69, 9.17) is 0 Å². The minimum atomic E-state index is -3.92. The van der Waals surface area contributed by atoms with E-state index >= 15 is 0 Å². The molecule has 0 bridgehead atoms. The van der Waals surface area contributed by atoms with Gasteiger partial charge in [0.15, 0.2) is 12.5 Å². The Hall–Kier alpha value is -3.30. The van der Waals surface area contributed by atoms with Crippen LogP contribution in [0.4, 0.5) is 13.2 Å². The fraction of sp³-hybridized carbons (Fsp3) is 0.458. The largest absolute Gasteiger partial charge is 0.351 e. The molecule has 34 heavy (non-hydrogen) atoms. The van der Waals surface area contributed by atoms with Crippen LogP contribution in [0, 0.1) is 13.8 Å². The van der Waals surface area contributed by atoms with Crippen LogP contribution in [-0.2, 0) is 11.3 Å². The molecular weight excluding hydrogens is 445 g/mol. The summed E-state index contributed by atoms with van der Waals surface area (Å²) in [6.45, 7) is 1.64. The molecular formula is C24H27F3N6O. The van der Waals surface area contributed by atoms with Crippen LogP contribution in [0.3, 0.4) is 0 Å². The maximum atomic E-state index is 14.5. The Kier molecular flexibility index (Phi) is 6.67. The smallest absolute Gasteiger partial charge is 0.320 e. The predicted octanol–water partition coefficient (Wildman–Crippen LogP) is 4.37. The van der Waals surface area contributed by atoms with E-state index in [1.807, 2.05) is 12.1 Å². The molecule has 3 aromatic heterocycles. The van der Waals surface area contributed by atoms with Crippen LogP contribution in [0.1, 0.15) is 65.1 Å². The molecule has 3 aromatic rings. The van der Waals surface area contributed by atoms with Gasteiger partial charge in [-0.2, -0.15) is 13.9 Å². The number of rotatable bonds is 7. The number of amides is 1. The quantitative estimate of drug-likeness (QED) is 0.552. The minimum Gasteiger partial charge on any atom is -0.351 e. The Morgan fingerprint density at radius 2 is 1.97 bits per heavy atom. The van der Waals surface area contributed by atoms with E-state index in [0.717, 1.165) is 42.3 Å². The lowest BCUT2D eigenvalue weighted by Crippen LogP contribution is -2.42. The average Bonchev–Trinajstić information content (AvgIpc) is 3.32. The monoisotopic (exact) mass is 472 g/mol. The van der Waals surface area contributed by atoms with Crippen LogP contribution in [-0.4, -0.2) is 43.9 Å². The number of aryl methyl sites for hydroxylation is 2. The summed E-state index contributed by atoms with van der Waals surface area (Å²) in [7, 11) is 0. The molecule has 4 rings (SSSR count).